The normalized spacial score (nSPS) is 9.93. The zero-order chi connectivity index (χ0) is 10.6. The quantitative estimate of drug-likeness (QED) is 0.724. The van der Waals surface area contributed by atoms with Gasteiger partial charge in [-0.15, -0.1) is 0 Å². The minimum Gasteiger partial charge on any atom is -0.363 e. The smallest absolute Gasteiger partial charge is 0.166 e. The number of thiocarbonyl (C=S) groups is 1. The first-order chi connectivity index (χ1) is 6.65. The summed E-state index contributed by atoms with van der Waals surface area (Å²) in [5.74, 6) is 0. The molecule has 0 aliphatic carbocycles. The van der Waals surface area contributed by atoms with Gasteiger partial charge in [0.2, 0.25) is 0 Å². The fourth-order valence-corrected chi connectivity index (χ4v) is 1.33. The van der Waals surface area contributed by atoms with Gasteiger partial charge in [0, 0.05) is 31.4 Å². The molecule has 0 radical (unpaired) electrons. The second-order valence-corrected chi connectivity index (χ2v) is 3.50. The maximum atomic E-state index is 5.05. The van der Waals surface area contributed by atoms with Crippen molar-refractivity contribution in [3.63, 3.8) is 0 Å². The number of aromatic nitrogens is 2. The summed E-state index contributed by atoms with van der Waals surface area (Å²) in [4.78, 5) is 0. The summed E-state index contributed by atoms with van der Waals surface area (Å²) in [5.41, 5.74) is 2.34. The molecule has 0 saturated heterocycles. The maximum Gasteiger partial charge on any atom is 0.166 e. The highest BCUT2D eigenvalue weighted by molar-refractivity contribution is 7.80. The number of hydrogen-bond acceptors (Lipinski definition) is 2. The maximum absolute atomic E-state index is 5.05. The summed E-state index contributed by atoms with van der Waals surface area (Å²) in [6.07, 6.45) is 1.86. The highest BCUT2D eigenvalue weighted by Crippen LogP contribution is 2.04. The molecule has 78 valence electrons. The Morgan fingerprint density at radius 3 is 2.79 bits per heavy atom. The van der Waals surface area contributed by atoms with Gasteiger partial charge in [0.25, 0.3) is 0 Å². The minimum absolute atomic E-state index is 0.691. The first kappa shape index (κ1) is 11.0. The lowest BCUT2D eigenvalue weighted by Gasteiger charge is -2.07. The van der Waals surface area contributed by atoms with Crippen LogP contribution in [-0.2, 0) is 13.6 Å². The molecular weight excluding hydrogens is 196 g/mol. The van der Waals surface area contributed by atoms with Gasteiger partial charge in [-0.25, -0.2) is 0 Å². The van der Waals surface area contributed by atoms with E-state index in [9.17, 15) is 0 Å². The summed E-state index contributed by atoms with van der Waals surface area (Å²) in [6, 6.07) is 0. The summed E-state index contributed by atoms with van der Waals surface area (Å²) in [5, 5.41) is 11.0. The van der Waals surface area contributed by atoms with Gasteiger partial charge in [0.15, 0.2) is 5.11 Å². The molecule has 0 aliphatic rings. The van der Waals surface area contributed by atoms with Gasteiger partial charge in [-0.3, -0.25) is 4.68 Å². The van der Waals surface area contributed by atoms with Crippen molar-refractivity contribution >= 4 is 17.3 Å². The molecule has 4 nitrogen and oxygen atoms in total. The van der Waals surface area contributed by atoms with E-state index < -0.39 is 0 Å². The minimum atomic E-state index is 0.691. The van der Waals surface area contributed by atoms with E-state index in [-0.39, 0.29) is 0 Å². The standard InChI is InChI=1S/C9H16N4S/c1-4-10-9(14)11-5-8-6-12-13(3)7(8)2/h6H,4-5H2,1-3H3,(H2,10,11,14). The SMILES string of the molecule is CCNC(=S)NCc1cnn(C)c1C. The number of nitrogens with zero attached hydrogens (tertiary/aromatic N) is 2. The van der Waals surface area contributed by atoms with Crippen molar-refractivity contribution in [2.24, 2.45) is 7.05 Å². The van der Waals surface area contributed by atoms with Crippen LogP contribution in [0.15, 0.2) is 6.20 Å². The van der Waals surface area contributed by atoms with Crippen LogP contribution in [0.2, 0.25) is 0 Å². The lowest BCUT2D eigenvalue weighted by Crippen LogP contribution is -2.34. The fraction of sp³-hybridized carbons (Fsp3) is 0.556. The molecule has 0 atom stereocenters. The van der Waals surface area contributed by atoms with Crippen molar-refractivity contribution in [1.82, 2.24) is 20.4 Å². The zero-order valence-corrected chi connectivity index (χ0v) is 9.61. The molecule has 0 fully saturated rings. The van der Waals surface area contributed by atoms with E-state index >= 15 is 0 Å². The highest BCUT2D eigenvalue weighted by atomic mass is 32.1. The Labute approximate surface area is 89.7 Å². The molecule has 0 aromatic carbocycles. The average molecular weight is 212 g/mol. The van der Waals surface area contributed by atoms with E-state index in [1.807, 2.05) is 31.8 Å². The molecular formula is C9H16N4S. The number of aryl methyl sites for hydroxylation is 1. The van der Waals surface area contributed by atoms with Gasteiger partial charge in [-0.05, 0) is 26.1 Å². The monoisotopic (exact) mass is 212 g/mol. The van der Waals surface area contributed by atoms with E-state index in [4.69, 9.17) is 12.2 Å². The summed E-state index contributed by atoms with van der Waals surface area (Å²) < 4.78 is 1.85. The van der Waals surface area contributed by atoms with E-state index in [1.54, 1.807) is 0 Å². The van der Waals surface area contributed by atoms with Crippen LogP contribution >= 0.6 is 12.2 Å². The van der Waals surface area contributed by atoms with Crippen molar-refractivity contribution in [2.45, 2.75) is 20.4 Å². The predicted octanol–water partition coefficient (Wildman–Crippen LogP) is 0.713. The Kier molecular flexibility index (Phi) is 3.88. The third-order valence-electron chi connectivity index (χ3n) is 2.11. The van der Waals surface area contributed by atoms with E-state index in [2.05, 4.69) is 15.7 Å². The number of rotatable bonds is 3. The van der Waals surface area contributed by atoms with Crippen molar-refractivity contribution in [3.05, 3.63) is 17.5 Å². The molecule has 1 aromatic heterocycles. The third-order valence-corrected chi connectivity index (χ3v) is 2.40. The van der Waals surface area contributed by atoms with Crippen LogP contribution in [-0.4, -0.2) is 21.4 Å². The largest absolute Gasteiger partial charge is 0.363 e. The molecule has 14 heavy (non-hydrogen) atoms. The lowest BCUT2D eigenvalue weighted by atomic mass is 10.2. The first-order valence-corrected chi connectivity index (χ1v) is 5.05. The van der Waals surface area contributed by atoms with Crippen molar-refractivity contribution in [2.75, 3.05) is 6.54 Å². The van der Waals surface area contributed by atoms with Crippen LogP contribution in [0.1, 0.15) is 18.2 Å². The zero-order valence-electron chi connectivity index (χ0n) is 8.79. The lowest BCUT2D eigenvalue weighted by molar-refractivity contribution is 0.735. The van der Waals surface area contributed by atoms with Gasteiger partial charge >= 0.3 is 0 Å². The topological polar surface area (TPSA) is 41.9 Å². The van der Waals surface area contributed by atoms with E-state index in [0.717, 1.165) is 18.8 Å². The summed E-state index contributed by atoms with van der Waals surface area (Å²) >= 11 is 5.05. The summed E-state index contributed by atoms with van der Waals surface area (Å²) in [7, 11) is 1.93. The van der Waals surface area contributed by atoms with Crippen LogP contribution in [0.5, 0.6) is 0 Å². The molecule has 1 heterocycles. The second-order valence-electron chi connectivity index (χ2n) is 3.09. The fourth-order valence-electron chi connectivity index (χ4n) is 1.12. The highest BCUT2D eigenvalue weighted by Gasteiger charge is 2.03. The van der Waals surface area contributed by atoms with Crippen LogP contribution in [0.3, 0.4) is 0 Å². The van der Waals surface area contributed by atoms with Crippen LogP contribution in [0.4, 0.5) is 0 Å². The van der Waals surface area contributed by atoms with Crippen molar-refractivity contribution in [1.29, 1.82) is 0 Å². The van der Waals surface area contributed by atoms with Crippen LogP contribution in [0, 0.1) is 6.92 Å². The average Bonchev–Trinajstić information content (AvgIpc) is 2.46. The predicted molar refractivity (Wildman–Crippen MR) is 61.1 cm³/mol. The number of hydrogen-bond donors (Lipinski definition) is 2. The van der Waals surface area contributed by atoms with Crippen LogP contribution in [0.25, 0.3) is 0 Å². The third kappa shape index (κ3) is 2.70. The Bertz CT molecular complexity index is 319. The number of nitrogens with one attached hydrogen (secondary N) is 2. The van der Waals surface area contributed by atoms with Gasteiger partial charge in [0.1, 0.15) is 0 Å². The molecule has 0 amide bonds. The molecule has 0 unspecified atom stereocenters. The Morgan fingerprint density at radius 2 is 2.29 bits per heavy atom. The molecule has 0 bridgehead atoms. The Balaban J connectivity index is 2.46. The molecule has 0 spiro atoms. The van der Waals surface area contributed by atoms with E-state index in [1.165, 1.54) is 5.56 Å². The van der Waals surface area contributed by atoms with Crippen molar-refractivity contribution in [3.8, 4) is 0 Å². The Hall–Kier alpha value is -1.10. The van der Waals surface area contributed by atoms with Gasteiger partial charge < -0.3 is 10.6 Å². The van der Waals surface area contributed by atoms with Gasteiger partial charge in [0.05, 0.1) is 6.20 Å². The van der Waals surface area contributed by atoms with Gasteiger partial charge in [-0.2, -0.15) is 5.10 Å². The van der Waals surface area contributed by atoms with Gasteiger partial charge in [-0.1, -0.05) is 0 Å². The van der Waals surface area contributed by atoms with E-state index in [0.29, 0.717) is 5.11 Å². The molecule has 0 saturated carbocycles. The molecule has 0 aliphatic heterocycles. The van der Waals surface area contributed by atoms with Crippen molar-refractivity contribution < 1.29 is 0 Å². The second kappa shape index (κ2) is 4.95. The molecule has 5 heteroatoms. The Morgan fingerprint density at radius 1 is 1.57 bits per heavy atom. The summed E-state index contributed by atoms with van der Waals surface area (Å²) in [6.45, 7) is 5.63. The first-order valence-electron chi connectivity index (χ1n) is 4.64. The molecule has 1 rings (SSSR count). The van der Waals surface area contributed by atoms with Crippen LogP contribution < -0.4 is 10.6 Å². The molecule has 1 aromatic rings. The molecule has 2 N–H and O–H groups in total.